The molecule has 0 aliphatic heterocycles. The molecule has 0 atom stereocenters. The molecule has 0 bridgehead atoms. The molecule has 84 valence electrons. The van der Waals surface area contributed by atoms with Gasteiger partial charge >= 0.3 is 5.97 Å². The predicted molar refractivity (Wildman–Crippen MR) is 52.9 cm³/mol. The maximum absolute atomic E-state index is 12.6. The van der Waals surface area contributed by atoms with E-state index in [-0.39, 0.29) is 15.7 Å². The molecule has 0 amide bonds. The summed E-state index contributed by atoms with van der Waals surface area (Å²) in [6.07, 6.45) is -2.63. The molecule has 1 aromatic heterocycles. The Morgan fingerprint density at radius 1 is 1.69 bits per heavy atom. The molecule has 1 heterocycles. The van der Waals surface area contributed by atoms with Crippen LogP contribution in [0.1, 0.15) is 23.1 Å². The van der Waals surface area contributed by atoms with Gasteiger partial charge in [-0.3, -0.25) is 4.79 Å². The molecule has 0 aliphatic rings. The second-order valence-electron chi connectivity index (χ2n) is 2.84. The molecule has 1 rings (SSSR count). The van der Waals surface area contributed by atoms with E-state index in [4.69, 9.17) is 10.4 Å². The quantitative estimate of drug-likeness (QED) is 0.867. The first-order valence-electron chi connectivity index (χ1n) is 4.04. The Labute approximate surface area is 97.7 Å². The number of halogens is 3. The number of nitrogens with zero attached hydrogens (tertiary/aromatic N) is 2. The largest absolute Gasteiger partial charge is 0.481 e. The van der Waals surface area contributed by atoms with E-state index in [2.05, 4.69) is 20.9 Å². The highest BCUT2D eigenvalue weighted by Gasteiger charge is 2.21. The Hall–Kier alpha value is -1.55. The fourth-order valence-corrected chi connectivity index (χ4v) is 1.61. The monoisotopic (exact) mass is 290 g/mol. The van der Waals surface area contributed by atoms with Crippen LogP contribution in [0.2, 0.25) is 0 Å². The van der Waals surface area contributed by atoms with Crippen LogP contribution in [0, 0.1) is 11.3 Å². The lowest BCUT2D eigenvalue weighted by molar-refractivity contribution is -0.136. The van der Waals surface area contributed by atoms with Crippen molar-refractivity contribution in [3.8, 4) is 6.07 Å². The van der Waals surface area contributed by atoms with Gasteiger partial charge in [-0.1, -0.05) is 0 Å². The van der Waals surface area contributed by atoms with Crippen molar-refractivity contribution >= 4 is 21.9 Å². The van der Waals surface area contributed by atoms with Crippen LogP contribution in [0.3, 0.4) is 0 Å². The number of aliphatic carboxylic acids is 1. The summed E-state index contributed by atoms with van der Waals surface area (Å²) in [6, 6.07) is 1.66. The molecular weight excluding hydrogens is 286 g/mol. The van der Waals surface area contributed by atoms with Gasteiger partial charge in [-0.15, -0.1) is 0 Å². The van der Waals surface area contributed by atoms with Gasteiger partial charge in [0.25, 0.3) is 6.43 Å². The number of rotatable bonds is 3. The molecule has 7 heteroatoms. The third-order valence-corrected chi connectivity index (χ3v) is 2.45. The molecule has 0 radical (unpaired) electrons. The van der Waals surface area contributed by atoms with E-state index in [0.29, 0.717) is 0 Å². The van der Waals surface area contributed by atoms with Crippen LogP contribution >= 0.6 is 15.9 Å². The number of carboxylic acids is 1. The molecule has 0 saturated heterocycles. The average molecular weight is 291 g/mol. The fraction of sp³-hybridized carbons (Fsp3) is 0.222. The summed E-state index contributed by atoms with van der Waals surface area (Å²) in [6.45, 7) is 0. The Bertz CT molecular complexity index is 471. The van der Waals surface area contributed by atoms with Gasteiger partial charge in [0.05, 0.1) is 12.0 Å². The van der Waals surface area contributed by atoms with Crippen LogP contribution in [0.5, 0.6) is 0 Å². The van der Waals surface area contributed by atoms with Gasteiger partial charge in [-0.25, -0.2) is 13.8 Å². The van der Waals surface area contributed by atoms with E-state index < -0.39 is 24.4 Å². The van der Waals surface area contributed by atoms with Gasteiger partial charge < -0.3 is 5.11 Å². The third-order valence-electron chi connectivity index (χ3n) is 1.85. The summed E-state index contributed by atoms with van der Waals surface area (Å²) >= 11 is 2.91. The molecule has 0 aromatic carbocycles. The van der Waals surface area contributed by atoms with Gasteiger partial charge in [-0.05, 0) is 21.5 Å². The van der Waals surface area contributed by atoms with Crippen molar-refractivity contribution in [3.63, 3.8) is 0 Å². The van der Waals surface area contributed by atoms with Crippen molar-refractivity contribution in [2.24, 2.45) is 0 Å². The molecule has 0 spiro atoms. The molecule has 0 aliphatic carbocycles. The zero-order valence-electron chi connectivity index (χ0n) is 7.75. The highest BCUT2D eigenvalue weighted by atomic mass is 79.9. The number of alkyl halides is 2. The van der Waals surface area contributed by atoms with E-state index in [9.17, 15) is 13.6 Å². The minimum absolute atomic E-state index is 0.0654. The lowest BCUT2D eigenvalue weighted by Crippen LogP contribution is -2.08. The number of hydrogen-bond donors (Lipinski definition) is 1. The Balaban J connectivity index is 3.42. The molecule has 16 heavy (non-hydrogen) atoms. The van der Waals surface area contributed by atoms with Crippen LogP contribution < -0.4 is 0 Å². The van der Waals surface area contributed by atoms with E-state index in [1.807, 2.05) is 0 Å². The van der Waals surface area contributed by atoms with E-state index >= 15 is 0 Å². The molecule has 1 N–H and O–H groups in total. The molecule has 0 fully saturated rings. The summed E-state index contributed by atoms with van der Waals surface area (Å²) in [5.41, 5.74) is -0.894. The van der Waals surface area contributed by atoms with Crippen LogP contribution in [0.15, 0.2) is 10.8 Å². The Morgan fingerprint density at radius 3 is 2.75 bits per heavy atom. The van der Waals surface area contributed by atoms with Crippen molar-refractivity contribution in [1.82, 2.24) is 4.98 Å². The molecule has 4 nitrogen and oxygen atoms in total. The standard InChI is InChI=1S/C9H5BrF2N2O2/c10-8-5(2-13)4(1-7(15)16)6(3-14-8)9(11)12/h3,9H,1H2,(H,15,16). The van der Waals surface area contributed by atoms with Crippen LogP contribution in [0.4, 0.5) is 8.78 Å². The van der Waals surface area contributed by atoms with Crippen LogP contribution in [-0.4, -0.2) is 16.1 Å². The molecule has 1 aromatic rings. The van der Waals surface area contributed by atoms with Crippen LogP contribution in [0.25, 0.3) is 0 Å². The van der Waals surface area contributed by atoms with Gasteiger partial charge in [0.2, 0.25) is 0 Å². The summed E-state index contributed by atoms with van der Waals surface area (Å²) in [4.78, 5) is 14.1. The average Bonchev–Trinajstić information content (AvgIpc) is 2.16. The highest BCUT2D eigenvalue weighted by Crippen LogP contribution is 2.28. The van der Waals surface area contributed by atoms with E-state index in [0.717, 1.165) is 6.20 Å². The van der Waals surface area contributed by atoms with E-state index in [1.54, 1.807) is 6.07 Å². The van der Waals surface area contributed by atoms with Crippen molar-refractivity contribution in [2.75, 3.05) is 0 Å². The number of aromatic nitrogens is 1. The number of hydrogen-bond acceptors (Lipinski definition) is 3. The zero-order valence-corrected chi connectivity index (χ0v) is 9.33. The third kappa shape index (κ3) is 2.52. The minimum Gasteiger partial charge on any atom is -0.481 e. The molecule has 0 unspecified atom stereocenters. The van der Waals surface area contributed by atoms with Gasteiger partial charge in [0, 0.05) is 11.8 Å². The summed E-state index contributed by atoms with van der Waals surface area (Å²) in [7, 11) is 0. The first-order chi connectivity index (χ1) is 7.47. The topological polar surface area (TPSA) is 74.0 Å². The number of nitriles is 1. The molecule has 0 saturated carbocycles. The lowest BCUT2D eigenvalue weighted by Gasteiger charge is -2.09. The minimum atomic E-state index is -2.86. The summed E-state index contributed by atoms with van der Waals surface area (Å²) in [5.74, 6) is -1.28. The first kappa shape index (κ1) is 12.5. The Kier molecular flexibility index (Phi) is 3.90. The van der Waals surface area contributed by atoms with Gasteiger partial charge in [0.15, 0.2) is 0 Å². The number of pyridine rings is 1. The normalized spacial score (nSPS) is 10.2. The predicted octanol–water partition coefficient (Wildman–Crippen LogP) is 2.28. The maximum atomic E-state index is 12.6. The maximum Gasteiger partial charge on any atom is 0.307 e. The lowest BCUT2D eigenvalue weighted by atomic mass is 10.0. The van der Waals surface area contributed by atoms with E-state index in [1.165, 1.54) is 0 Å². The number of carboxylic acid groups (broad SMARTS) is 1. The van der Waals surface area contributed by atoms with Gasteiger partial charge in [-0.2, -0.15) is 5.26 Å². The smallest absolute Gasteiger partial charge is 0.307 e. The van der Waals surface area contributed by atoms with Crippen molar-refractivity contribution in [1.29, 1.82) is 5.26 Å². The van der Waals surface area contributed by atoms with Crippen molar-refractivity contribution < 1.29 is 18.7 Å². The van der Waals surface area contributed by atoms with Crippen molar-refractivity contribution in [2.45, 2.75) is 12.8 Å². The van der Waals surface area contributed by atoms with Crippen LogP contribution in [-0.2, 0) is 11.2 Å². The van der Waals surface area contributed by atoms with Gasteiger partial charge in [0.1, 0.15) is 10.7 Å². The first-order valence-corrected chi connectivity index (χ1v) is 4.84. The summed E-state index contributed by atoms with van der Waals surface area (Å²) in [5, 5.41) is 17.4. The number of carbonyl (C=O) groups is 1. The fourth-order valence-electron chi connectivity index (χ4n) is 1.18. The highest BCUT2D eigenvalue weighted by molar-refractivity contribution is 9.10. The second-order valence-corrected chi connectivity index (χ2v) is 3.59. The SMILES string of the molecule is N#Cc1c(Br)ncc(C(F)F)c1CC(=O)O. The summed E-state index contributed by atoms with van der Waals surface area (Å²) < 4.78 is 25.2. The Morgan fingerprint density at radius 2 is 2.31 bits per heavy atom. The molecular formula is C9H5BrF2N2O2. The van der Waals surface area contributed by atoms with Crippen molar-refractivity contribution in [3.05, 3.63) is 27.5 Å². The second kappa shape index (κ2) is 4.99. The zero-order chi connectivity index (χ0) is 12.3.